The number of aliphatic hydroxyl groups is 1. The molecule has 3 heteroatoms. The summed E-state index contributed by atoms with van der Waals surface area (Å²) < 4.78 is 0. The van der Waals surface area contributed by atoms with Gasteiger partial charge in [-0.05, 0) is 37.7 Å². The van der Waals surface area contributed by atoms with Crippen LogP contribution in [0.1, 0.15) is 51.2 Å². The van der Waals surface area contributed by atoms with Gasteiger partial charge in [-0.2, -0.15) is 0 Å². The minimum atomic E-state index is -0.172. The Balaban J connectivity index is 2.57. The highest BCUT2D eigenvalue weighted by Gasteiger charge is 2.24. The van der Waals surface area contributed by atoms with Crippen molar-refractivity contribution in [3.05, 3.63) is 35.4 Å². The SMILES string of the molecule is Cc1ccc(C(C)(C)CC(=O)NC(C)CCCO)cc1. The largest absolute Gasteiger partial charge is 0.396 e. The van der Waals surface area contributed by atoms with Gasteiger partial charge >= 0.3 is 0 Å². The molecule has 0 saturated carbocycles. The molecule has 0 aliphatic rings. The Morgan fingerprint density at radius 3 is 2.45 bits per heavy atom. The summed E-state index contributed by atoms with van der Waals surface area (Å²) in [4.78, 5) is 12.1. The first-order valence-electron chi connectivity index (χ1n) is 7.32. The minimum absolute atomic E-state index is 0.0704. The van der Waals surface area contributed by atoms with Gasteiger partial charge in [0, 0.05) is 19.1 Å². The molecule has 3 nitrogen and oxygen atoms in total. The van der Waals surface area contributed by atoms with E-state index >= 15 is 0 Å². The van der Waals surface area contributed by atoms with E-state index in [0.717, 1.165) is 12.8 Å². The first-order chi connectivity index (χ1) is 9.35. The van der Waals surface area contributed by atoms with Crippen molar-refractivity contribution in [1.82, 2.24) is 5.32 Å². The lowest BCUT2D eigenvalue weighted by molar-refractivity contribution is -0.122. The molecule has 0 aliphatic carbocycles. The zero-order chi connectivity index (χ0) is 15.2. The second-order valence-electron chi connectivity index (χ2n) is 6.26. The Morgan fingerprint density at radius 1 is 1.30 bits per heavy atom. The first-order valence-corrected chi connectivity index (χ1v) is 7.32. The number of aliphatic hydroxyl groups excluding tert-OH is 1. The van der Waals surface area contributed by atoms with Crippen molar-refractivity contribution in [3.63, 3.8) is 0 Å². The topological polar surface area (TPSA) is 49.3 Å². The maximum absolute atomic E-state index is 12.1. The number of carbonyl (C=O) groups excluding carboxylic acids is 1. The van der Waals surface area contributed by atoms with Gasteiger partial charge < -0.3 is 10.4 Å². The molecule has 112 valence electrons. The van der Waals surface area contributed by atoms with Gasteiger partial charge in [0.25, 0.3) is 0 Å². The number of aryl methyl sites for hydroxylation is 1. The van der Waals surface area contributed by atoms with Gasteiger partial charge in [0.05, 0.1) is 0 Å². The molecule has 1 aromatic rings. The maximum Gasteiger partial charge on any atom is 0.221 e. The summed E-state index contributed by atoms with van der Waals surface area (Å²) >= 11 is 0. The van der Waals surface area contributed by atoms with Gasteiger partial charge in [0.1, 0.15) is 0 Å². The van der Waals surface area contributed by atoms with Crippen LogP contribution < -0.4 is 5.32 Å². The molecule has 1 unspecified atom stereocenters. The Hall–Kier alpha value is -1.35. The standard InChI is InChI=1S/C17H27NO2/c1-13-7-9-15(10-8-13)17(3,4)12-16(20)18-14(2)6-5-11-19/h7-10,14,19H,5-6,11-12H2,1-4H3,(H,18,20). The molecule has 0 radical (unpaired) electrons. The lowest BCUT2D eigenvalue weighted by Crippen LogP contribution is -2.36. The molecule has 1 amide bonds. The molecule has 0 spiro atoms. The van der Waals surface area contributed by atoms with E-state index in [2.05, 4.69) is 50.4 Å². The van der Waals surface area contributed by atoms with Crippen LogP contribution in [0.2, 0.25) is 0 Å². The van der Waals surface area contributed by atoms with E-state index in [0.29, 0.717) is 6.42 Å². The monoisotopic (exact) mass is 277 g/mol. The highest BCUT2D eigenvalue weighted by Crippen LogP contribution is 2.27. The number of carbonyl (C=O) groups is 1. The maximum atomic E-state index is 12.1. The van der Waals surface area contributed by atoms with Crippen LogP contribution >= 0.6 is 0 Å². The van der Waals surface area contributed by atoms with Crippen molar-refractivity contribution in [2.24, 2.45) is 0 Å². The summed E-state index contributed by atoms with van der Waals surface area (Å²) in [6.07, 6.45) is 2.01. The molecular formula is C17H27NO2. The highest BCUT2D eigenvalue weighted by atomic mass is 16.2. The second-order valence-corrected chi connectivity index (χ2v) is 6.26. The molecule has 1 rings (SSSR count). The molecule has 0 fully saturated rings. The van der Waals surface area contributed by atoms with E-state index in [1.54, 1.807) is 0 Å². The third-order valence-electron chi connectivity index (χ3n) is 3.64. The Kier molecular flexibility index (Phi) is 6.21. The third-order valence-corrected chi connectivity index (χ3v) is 3.64. The van der Waals surface area contributed by atoms with Crippen LogP contribution in [0.15, 0.2) is 24.3 Å². The quantitative estimate of drug-likeness (QED) is 0.805. The Labute approximate surface area is 122 Å². The summed E-state index contributed by atoms with van der Waals surface area (Å²) in [7, 11) is 0. The van der Waals surface area contributed by atoms with Gasteiger partial charge in [-0.25, -0.2) is 0 Å². The van der Waals surface area contributed by atoms with Crippen LogP contribution in [0.25, 0.3) is 0 Å². The van der Waals surface area contributed by atoms with Gasteiger partial charge in [-0.1, -0.05) is 43.7 Å². The van der Waals surface area contributed by atoms with Crippen molar-refractivity contribution in [2.45, 2.75) is 58.4 Å². The number of benzene rings is 1. The smallest absolute Gasteiger partial charge is 0.221 e. The minimum Gasteiger partial charge on any atom is -0.396 e. The molecule has 1 atom stereocenters. The van der Waals surface area contributed by atoms with Crippen molar-refractivity contribution in [2.75, 3.05) is 6.61 Å². The highest BCUT2D eigenvalue weighted by molar-refractivity contribution is 5.77. The molecule has 0 saturated heterocycles. The van der Waals surface area contributed by atoms with Crippen LogP contribution in [0, 0.1) is 6.92 Å². The first kappa shape index (κ1) is 16.7. The van der Waals surface area contributed by atoms with E-state index in [-0.39, 0.29) is 24.0 Å². The zero-order valence-electron chi connectivity index (χ0n) is 13.1. The molecule has 20 heavy (non-hydrogen) atoms. The van der Waals surface area contributed by atoms with Crippen molar-refractivity contribution < 1.29 is 9.90 Å². The predicted molar refractivity (Wildman–Crippen MR) is 82.7 cm³/mol. The number of hydrogen-bond donors (Lipinski definition) is 2. The summed E-state index contributed by atoms with van der Waals surface area (Å²) in [5.74, 6) is 0.0704. The van der Waals surface area contributed by atoms with Crippen molar-refractivity contribution >= 4 is 5.91 Å². The molecule has 2 N–H and O–H groups in total. The third kappa shape index (κ3) is 5.33. The Morgan fingerprint density at radius 2 is 1.90 bits per heavy atom. The fourth-order valence-corrected chi connectivity index (χ4v) is 2.30. The number of nitrogens with one attached hydrogen (secondary N) is 1. The lowest BCUT2D eigenvalue weighted by atomic mass is 9.81. The average molecular weight is 277 g/mol. The summed E-state index contributed by atoms with van der Waals surface area (Å²) in [5.41, 5.74) is 2.24. The summed E-state index contributed by atoms with van der Waals surface area (Å²) in [6.45, 7) is 8.40. The van der Waals surface area contributed by atoms with Crippen LogP contribution in [0.5, 0.6) is 0 Å². The van der Waals surface area contributed by atoms with E-state index in [1.807, 2.05) is 6.92 Å². The summed E-state index contributed by atoms with van der Waals surface area (Å²) in [5, 5.41) is 11.8. The number of rotatable bonds is 7. The molecular weight excluding hydrogens is 250 g/mol. The summed E-state index contributed by atoms with van der Waals surface area (Å²) in [6, 6.07) is 8.47. The fourth-order valence-electron chi connectivity index (χ4n) is 2.30. The second kappa shape index (κ2) is 7.44. The lowest BCUT2D eigenvalue weighted by Gasteiger charge is -2.26. The van der Waals surface area contributed by atoms with Gasteiger partial charge in [0.15, 0.2) is 0 Å². The van der Waals surface area contributed by atoms with Crippen LogP contribution in [0.4, 0.5) is 0 Å². The van der Waals surface area contributed by atoms with Crippen molar-refractivity contribution in [1.29, 1.82) is 0 Å². The number of hydrogen-bond acceptors (Lipinski definition) is 2. The van der Waals surface area contributed by atoms with Gasteiger partial charge in [0.2, 0.25) is 5.91 Å². The zero-order valence-corrected chi connectivity index (χ0v) is 13.1. The fraction of sp³-hybridized carbons (Fsp3) is 0.588. The normalized spacial score (nSPS) is 13.1. The molecule has 0 heterocycles. The predicted octanol–water partition coefficient (Wildman–Crippen LogP) is 2.94. The van der Waals surface area contributed by atoms with E-state index < -0.39 is 0 Å². The molecule has 0 bridgehead atoms. The van der Waals surface area contributed by atoms with E-state index in [4.69, 9.17) is 5.11 Å². The van der Waals surface area contributed by atoms with E-state index in [9.17, 15) is 4.79 Å². The molecule has 0 aliphatic heterocycles. The molecule has 1 aromatic carbocycles. The van der Waals surface area contributed by atoms with Crippen molar-refractivity contribution in [3.8, 4) is 0 Å². The number of amides is 1. The van der Waals surface area contributed by atoms with Gasteiger partial charge in [-0.15, -0.1) is 0 Å². The molecule has 0 aromatic heterocycles. The van der Waals surface area contributed by atoms with Crippen LogP contribution in [-0.4, -0.2) is 23.7 Å². The van der Waals surface area contributed by atoms with Gasteiger partial charge in [-0.3, -0.25) is 4.79 Å². The van der Waals surface area contributed by atoms with E-state index in [1.165, 1.54) is 11.1 Å². The average Bonchev–Trinajstić information content (AvgIpc) is 2.36. The Bertz CT molecular complexity index is 423. The van der Waals surface area contributed by atoms with Crippen LogP contribution in [-0.2, 0) is 10.2 Å². The van der Waals surface area contributed by atoms with Crippen LogP contribution in [0.3, 0.4) is 0 Å².